The molecule has 0 fully saturated rings. The summed E-state index contributed by atoms with van der Waals surface area (Å²) < 4.78 is 11.1. The van der Waals surface area contributed by atoms with Crippen molar-refractivity contribution in [1.82, 2.24) is 25.5 Å². The topological polar surface area (TPSA) is 112 Å². The Morgan fingerprint density at radius 3 is 3.00 bits per heavy atom. The number of carbonyl (C=O) groups is 2. The van der Waals surface area contributed by atoms with Crippen molar-refractivity contribution in [2.24, 2.45) is 0 Å². The number of aromatic nitrogens is 4. The lowest BCUT2D eigenvalue weighted by Crippen LogP contribution is -2.31. The lowest BCUT2D eigenvalue weighted by molar-refractivity contribution is -0.122. The summed E-state index contributed by atoms with van der Waals surface area (Å²) in [5.74, 6) is -0.505. The number of esters is 1. The summed E-state index contributed by atoms with van der Waals surface area (Å²) in [6.45, 7) is 3.46. The number of nitrogens with zero attached hydrogens (tertiary/aromatic N) is 4. The van der Waals surface area contributed by atoms with Crippen LogP contribution >= 0.6 is 0 Å². The van der Waals surface area contributed by atoms with Gasteiger partial charge >= 0.3 is 5.97 Å². The standard InChI is InChI=1S/C12H15N5O4/c1-3-20-12(19)11-14-15-16-17(11)7-10(18)13-8(2)9-5-4-6-21-9/h4-6,8H,3,7H2,1-2H3,(H,13,18). The molecule has 2 heterocycles. The van der Waals surface area contributed by atoms with Crippen molar-refractivity contribution in [2.45, 2.75) is 26.4 Å². The van der Waals surface area contributed by atoms with Gasteiger partial charge in [-0.15, -0.1) is 5.10 Å². The number of hydrogen-bond acceptors (Lipinski definition) is 7. The summed E-state index contributed by atoms with van der Waals surface area (Å²) in [4.78, 5) is 23.5. The first kappa shape index (κ1) is 14.7. The quantitative estimate of drug-likeness (QED) is 0.763. The van der Waals surface area contributed by atoms with Crippen molar-refractivity contribution in [2.75, 3.05) is 6.61 Å². The molecule has 1 amide bonds. The summed E-state index contributed by atoms with van der Waals surface area (Å²) in [5.41, 5.74) is 0. The van der Waals surface area contributed by atoms with E-state index in [0.29, 0.717) is 5.76 Å². The number of tetrazole rings is 1. The first-order valence-electron chi connectivity index (χ1n) is 6.38. The second-order valence-corrected chi connectivity index (χ2v) is 4.19. The average Bonchev–Trinajstić information content (AvgIpc) is 3.09. The highest BCUT2D eigenvalue weighted by Crippen LogP contribution is 2.11. The minimum atomic E-state index is -0.672. The molecule has 112 valence electrons. The molecule has 0 bridgehead atoms. The summed E-state index contributed by atoms with van der Waals surface area (Å²) in [6.07, 6.45) is 1.53. The van der Waals surface area contributed by atoms with Crippen LogP contribution in [0.3, 0.4) is 0 Å². The number of furan rings is 1. The van der Waals surface area contributed by atoms with E-state index in [1.807, 2.05) is 0 Å². The van der Waals surface area contributed by atoms with Gasteiger partial charge in [0.2, 0.25) is 5.91 Å². The van der Waals surface area contributed by atoms with Gasteiger partial charge in [-0.2, -0.15) is 0 Å². The summed E-state index contributed by atoms with van der Waals surface area (Å²) >= 11 is 0. The van der Waals surface area contributed by atoms with Gasteiger partial charge in [0.25, 0.3) is 5.82 Å². The van der Waals surface area contributed by atoms with E-state index >= 15 is 0 Å². The smallest absolute Gasteiger partial charge is 0.378 e. The normalized spacial score (nSPS) is 11.9. The predicted octanol–water partition coefficient (Wildman–Crippen LogP) is 0.320. The van der Waals surface area contributed by atoms with Crippen LogP contribution in [0.1, 0.15) is 36.3 Å². The SMILES string of the molecule is CCOC(=O)c1nnnn1CC(=O)NC(C)c1ccco1. The third-order valence-electron chi connectivity index (χ3n) is 2.63. The van der Waals surface area contributed by atoms with Crippen molar-refractivity contribution in [3.8, 4) is 0 Å². The Morgan fingerprint density at radius 2 is 2.33 bits per heavy atom. The summed E-state index contributed by atoms with van der Waals surface area (Å²) in [7, 11) is 0. The molecule has 1 N–H and O–H groups in total. The minimum Gasteiger partial charge on any atom is -0.467 e. The summed E-state index contributed by atoms with van der Waals surface area (Å²) in [6, 6.07) is 3.19. The van der Waals surface area contributed by atoms with Crippen molar-refractivity contribution in [1.29, 1.82) is 0 Å². The molecule has 2 rings (SSSR count). The van der Waals surface area contributed by atoms with Crippen molar-refractivity contribution >= 4 is 11.9 Å². The molecule has 9 nitrogen and oxygen atoms in total. The number of rotatable bonds is 6. The number of amides is 1. The van der Waals surface area contributed by atoms with Crippen LogP contribution in [0.2, 0.25) is 0 Å². The van der Waals surface area contributed by atoms with Crippen molar-refractivity contribution in [3.05, 3.63) is 30.0 Å². The molecule has 0 aliphatic carbocycles. The zero-order chi connectivity index (χ0) is 15.2. The molecule has 1 atom stereocenters. The molecule has 0 radical (unpaired) electrons. The Balaban J connectivity index is 1.97. The largest absolute Gasteiger partial charge is 0.467 e. The van der Waals surface area contributed by atoms with Crippen LogP contribution in [0.4, 0.5) is 0 Å². The Labute approximate surface area is 120 Å². The average molecular weight is 293 g/mol. The molecule has 2 aromatic rings. The molecule has 2 aromatic heterocycles. The molecule has 1 unspecified atom stereocenters. The predicted molar refractivity (Wildman–Crippen MR) is 69.0 cm³/mol. The molecule has 0 spiro atoms. The molecule has 0 aromatic carbocycles. The lowest BCUT2D eigenvalue weighted by atomic mass is 10.2. The van der Waals surface area contributed by atoms with E-state index in [-0.39, 0.29) is 30.9 Å². The van der Waals surface area contributed by atoms with Crippen LogP contribution in [0.5, 0.6) is 0 Å². The number of carbonyl (C=O) groups excluding carboxylic acids is 2. The van der Waals surface area contributed by atoms with E-state index in [2.05, 4.69) is 20.8 Å². The minimum absolute atomic E-state index is 0.113. The van der Waals surface area contributed by atoms with Gasteiger partial charge in [-0.25, -0.2) is 9.48 Å². The van der Waals surface area contributed by atoms with Crippen LogP contribution in [0, 0.1) is 0 Å². The van der Waals surface area contributed by atoms with Gasteiger partial charge in [-0.3, -0.25) is 4.79 Å². The highest BCUT2D eigenvalue weighted by Gasteiger charge is 2.19. The van der Waals surface area contributed by atoms with Crippen LogP contribution in [-0.2, 0) is 16.1 Å². The van der Waals surface area contributed by atoms with Gasteiger partial charge in [0.1, 0.15) is 12.3 Å². The first-order valence-corrected chi connectivity index (χ1v) is 6.38. The third-order valence-corrected chi connectivity index (χ3v) is 2.63. The Bertz CT molecular complexity index is 607. The molecule has 9 heteroatoms. The van der Waals surface area contributed by atoms with E-state index in [1.165, 1.54) is 6.26 Å². The lowest BCUT2D eigenvalue weighted by Gasteiger charge is -2.11. The third kappa shape index (κ3) is 3.65. The van der Waals surface area contributed by atoms with Gasteiger partial charge in [0.15, 0.2) is 0 Å². The van der Waals surface area contributed by atoms with E-state index in [4.69, 9.17) is 9.15 Å². The highest BCUT2D eigenvalue weighted by atomic mass is 16.5. The van der Waals surface area contributed by atoms with E-state index in [1.54, 1.807) is 26.0 Å². The van der Waals surface area contributed by atoms with Gasteiger partial charge in [0.05, 0.1) is 18.9 Å². The second kappa shape index (κ2) is 6.64. The molecular weight excluding hydrogens is 278 g/mol. The molecule has 0 aliphatic rings. The maximum atomic E-state index is 11.9. The molecule has 0 saturated heterocycles. The Morgan fingerprint density at radius 1 is 1.52 bits per heavy atom. The number of ether oxygens (including phenoxy) is 1. The Hall–Kier alpha value is -2.71. The zero-order valence-electron chi connectivity index (χ0n) is 11.6. The van der Waals surface area contributed by atoms with Crippen molar-refractivity contribution in [3.63, 3.8) is 0 Å². The molecule has 0 saturated carbocycles. The fraction of sp³-hybridized carbons (Fsp3) is 0.417. The van der Waals surface area contributed by atoms with Crippen LogP contribution in [0.15, 0.2) is 22.8 Å². The maximum absolute atomic E-state index is 11.9. The fourth-order valence-corrected chi connectivity index (χ4v) is 1.68. The van der Waals surface area contributed by atoms with Gasteiger partial charge in [0, 0.05) is 0 Å². The van der Waals surface area contributed by atoms with Crippen LogP contribution in [-0.4, -0.2) is 38.7 Å². The summed E-state index contributed by atoms with van der Waals surface area (Å²) in [5, 5.41) is 13.2. The molecule has 21 heavy (non-hydrogen) atoms. The van der Waals surface area contributed by atoms with E-state index in [0.717, 1.165) is 4.68 Å². The number of hydrogen-bond donors (Lipinski definition) is 1. The Kier molecular flexibility index (Phi) is 4.64. The van der Waals surface area contributed by atoms with Gasteiger partial charge in [-0.1, -0.05) is 0 Å². The van der Waals surface area contributed by atoms with E-state index in [9.17, 15) is 9.59 Å². The zero-order valence-corrected chi connectivity index (χ0v) is 11.6. The maximum Gasteiger partial charge on any atom is 0.378 e. The molecular formula is C12H15N5O4. The van der Waals surface area contributed by atoms with Gasteiger partial charge < -0.3 is 14.5 Å². The van der Waals surface area contributed by atoms with Crippen LogP contribution in [0.25, 0.3) is 0 Å². The highest BCUT2D eigenvalue weighted by molar-refractivity contribution is 5.86. The first-order chi connectivity index (χ1) is 10.1. The van der Waals surface area contributed by atoms with Crippen LogP contribution < -0.4 is 5.32 Å². The number of nitrogens with one attached hydrogen (secondary N) is 1. The second-order valence-electron chi connectivity index (χ2n) is 4.19. The molecule has 0 aliphatic heterocycles. The fourth-order valence-electron chi connectivity index (χ4n) is 1.68. The monoisotopic (exact) mass is 293 g/mol. The van der Waals surface area contributed by atoms with Crippen molar-refractivity contribution < 1.29 is 18.7 Å². The van der Waals surface area contributed by atoms with Gasteiger partial charge in [-0.05, 0) is 36.4 Å². The van der Waals surface area contributed by atoms with E-state index < -0.39 is 5.97 Å².